The summed E-state index contributed by atoms with van der Waals surface area (Å²) in [5, 5.41) is 0.696. The third-order valence-corrected chi connectivity index (χ3v) is 8.28. The van der Waals surface area contributed by atoms with Gasteiger partial charge in [0.15, 0.2) is 0 Å². The lowest BCUT2D eigenvalue weighted by atomic mass is 9.86. The van der Waals surface area contributed by atoms with Gasteiger partial charge >= 0.3 is 0 Å². The van der Waals surface area contributed by atoms with Crippen LogP contribution in [0.25, 0.3) is 11.0 Å². The molecule has 0 radical (unpaired) electrons. The normalized spacial score (nSPS) is 17.2. The van der Waals surface area contributed by atoms with Crippen LogP contribution in [0.15, 0.2) is 78.9 Å². The maximum absolute atomic E-state index is 14.2. The van der Waals surface area contributed by atoms with Crippen molar-refractivity contribution in [2.45, 2.75) is 50.6 Å². The van der Waals surface area contributed by atoms with Gasteiger partial charge in [0.05, 0.1) is 17.0 Å². The van der Waals surface area contributed by atoms with Crippen molar-refractivity contribution in [3.05, 3.63) is 101 Å². The minimum atomic E-state index is -0.322. The van der Waals surface area contributed by atoms with Gasteiger partial charge in [0.1, 0.15) is 5.82 Å². The van der Waals surface area contributed by atoms with Gasteiger partial charge in [-0.05, 0) is 67.5 Å². The molecule has 0 spiro atoms. The van der Waals surface area contributed by atoms with E-state index in [9.17, 15) is 4.79 Å². The number of benzene rings is 3. The number of amides is 1. The number of hydrogen-bond acceptors (Lipinski definition) is 4. The lowest BCUT2D eigenvalue weighted by Gasteiger charge is -2.36. The standard InChI is InChI=1S/C33H39ClN4O2/c1-40-20-8-19-38-31-13-6-5-12-30(31)36-32(38)26-11-7-18-37(23-26)33(39)28(21-24-9-3-2-4-10-24)29(35)22-25-14-16-27(34)17-15-25/h2-6,9-10,12-17,26,28-29H,7-8,11,18-23,35H2,1H3. The molecule has 4 aromatic rings. The molecule has 3 unspecified atom stereocenters. The summed E-state index contributed by atoms with van der Waals surface area (Å²) in [5.74, 6) is 1.06. The number of ether oxygens (including phenoxy) is 1. The highest BCUT2D eigenvalue weighted by Gasteiger charge is 2.34. The fraction of sp³-hybridized carbons (Fsp3) is 0.394. The van der Waals surface area contributed by atoms with Gasteiger partial charge in [-0.3, -0.25) is 4.79 Å². The number of carbonyl (C=O) groups is 1. The van der Waals surface area contributed by atoms with Crippen molar-refractivity contribution in [1.29, 1.82) is 0 Å². The maximum Gasteiger partial charge on any atom is 0.227 e. The van der Waals surface area contributed by atoms with Crippen molar-refractivity contribution in [2.24, 2.45) is 11.7 Å². The van der Waals surface area contributed by atoms with E-state index in [1.165, 1.54) is 0 Å². The van der Waals surface area contributed by atoms with Gasteiger partial charge in [-0.25, -0.2) is 4.98 Å². The number of nitrogens with two attached hydrogens (primary N) is 1. The van der Waals surface area contributed by atoms with E-state index in [-0.39, 0.29) is 23.8 Å². The molecular weight excluding hydrogens is 520 g/mol. The molecule has 40 heavy (non-hydrogen) atoms. The SMILES string of the molecule is COCCCn1c(C2CCCN(C(=O)C(Cc3ccccc3)C(N)Cc3ccc(Cl)cc3)C2)nc2ccccc21. The van der Waals surface area contributed by atoms with Crippen LogP contribution in [-0.4, -0.2) is 53.2 Å². The van der Waals surface area contributed by atoms with Crippen molar-refractivity contribution >= 4 is 28.5 Å². The molecule has 210 valence electrons. The van der Waals surface area contributed by atoms with E-state index < -0.39 is 0 Å². The van der Waals surface area contributed by atoms with Gasteiger partial charge in [-0.1, -0.05) is 66.2 Å². The summed E-state index contributed by atoms with van der Waals surface area (Å²) >= 11 is 6.10. The average Bonchev–Trinajstić information content (AvgIpc) is 3.36. The minimum absolute atomic E-state index is 0.136. The zero-order valence-corrected chi connectivity index (χ0v) is 24.0. The van der Waals surface area contributed by atoms with Crippen LogP contribution in [-0.2, 0) is 28.9 Å². The maximum atomic E-state index is 14.2. The number of halogens is 1. The van der Waals surface area contributed by atoms with E-state index in [0.29, 0.717) is 31.0 Å². The molecule has 3 aromatic carbocycles. The number of para-hydroxylation sites is 2. The molecule has 1 fully saturated rings. The summed E-state index contributed by atoms with van der Waals surface area (Å²) in [7, 11) is 1.74. The number of carbonyl (C=O) groups excluding carboxylic acids is 1. The minimum Gasteiger partial charge on any atom is -0.385 e. The van der Waals surface area contributed by atoms with Gasteiger partial charge in [0, 0.05) is 50.3 Å². The molecule has 0 saturated carbocycles. The van der Waals surface area contributed by atoms with Crippen LogP contribution in [0.1, 0.15) is 42.1 Å². The molecule has 7 heteroatoms. The second-order valence-electron chi connectivity index (χ2n) is 10.9. The predicted octanol–water partition coefficient (Wildman–Crippen LogP) is 5.86. The molecule has 5 rings (SSSR count). The molecule has 0 aliphatic carbocycles. The number of aromatic nitrogens is 2. The molecule has 1 aromatic heterocycles. The van der Waals surface area contributed by atoms with Crippen molar-refractivity contribution < 1.29 is 9.53 Å². The van der Waals surface area contributed by atoms with Gasteiger partial charge in [0.25, 0.3) is 0 Å². The first-order chi connectivity index (χ1) is 19.5. The Morgan fingerprint density at radius 2 is 1.75 bits per heavy atom. The molecule has 6 nitrogen and oxygen atoms in total. The Bertz CT molecular complexity index is 1390. The Kier molecular flexibility index (Phi) is 9.53. The monoisotopic (exact) mass is 558 g/mol. The van der Waals surface area contributed by atoms with E-state index in [0.717, 1.165) is 60.3 Å². The Balaban J connectivity index is 1.38. The first kappa shape index (κ1) is 28.3. The van der Waals surface area contributed by atoms with Crippen molar-refractivity contribution in [3.8, 4) is 0 Å². The smallest absolute Gasteiger partial charge is 0.227 e. The summed E-state index contributed by atoms with van der Waals surface area (Å²) in [5.41, 5.74) is 11.2. The van der Waals surface area contributed by atoms with Crippen molar-refractivity contribution in [1.82, 2.24) is 14.5 Å². The first-order valence-corrected chi connectivity index (χ1v) is 14.7. The Labute approximate surface area is 242 Å². The molecule has 1 amide bonds. The zero-order chi connectivity index (χ0) is 27.9. The van der Waals surface area contributed by atoms with Crippen LogP contribution in [0.2, 0.25) is 5.02 Å². The second kappa shape index (κ2) is 13.4. The summed E-state index contributed by atoms with van der Waals surface area (Å²) in [6.07, 6.45) is 4.11. The summed E-state index contributed by atoms with van der Waals surface area (Å²) in [6.45, 7) is 2.95. The van der Waals surface area contributed by atoms with Crippen LogP contribution in [0, 0.1) is 5.92 Å². The van der Waals surface area contributed by atoms with Gasteiger partial charge in [-0.15, -0.1) is 0 Å². The third-order valence-electron chi connectivity index (χ3n) is 8.03. The zero-order valence-electron chi connectivity index (χ0n) is 23.2. The third kappa shape index (κ3) is 6.74. The number of fused-ring (bicyclic) bond motifs is 1. The fourth-order valence-electron chi connectivity index (χ4n) is 5.96. The number of aryl methyl sites for hydroxylation is 1. The van der Waals surface area contributed by atoms with Crippen LogP contribution < -0.4 is 5.73 Å². The van der Waals surface area contributed by atoms with Crippen molar-refractivity contribution in [2.75, 3.05) is 26.8 Å². The molecule has 3 atom stereocenters. The molecule has 2 heterocycles. The Hall–Kier alpha value is -3.19. The topological polar surface area (TPSA) is 73.4 Å². The summed E-state index contributed by atoms with van der Waals surface area (Å²) in [6, 6.07) is 26.0. The lowest BCUT2D eigenvalue weighted by molar-refractivity contribution is -0.137. The summed E-state index contributed by atoms with van der Waals surface area (Å²) < 4.78 is 7.66. The lowest BCUT2D eigenvalue weighted by Crippen LogP contribution is -2.49. The quantitative estimate of drug-likeness (QED) is 0.234. The van der Waals surface area contributed by atoms with Gasteiger partial charge < -0.3 is 19.9 Å². The van der Waals surface area contributed by atoms with Gasteiger partial charge in [-0.2, -0.15) is 0 Å². The first-order valence-electron chi connectivity index (χ1n) is 14.3. The predicted molar refractivity (Wildman–Crippen MR) is 162 cm³/mol. The van der Waals surface area contributed by atoms with E-state index in [1.54, 1.807) is 7.11 Å². The van der Waals surface area contributed by atoms with Crippen LogP contribution in [0.5, 0.6) is 0 Å². The number of hydrogen-bond donors (Lipinski definition) is 1. The van der Waals surface area contributed by atoms with Crippen LogP contribution in [0.4, 0.5) is 0 Å². The number of methoxy groups -OCH3 is 1. The van der Waals surface area contributed by atoms with Crippen LogP contribution in [0.3, 0.4) is 0 Å². The molecule has 1 saturated heterocycles. The van der Waals surface area contributed by atoms with E-state index in [1.807, 2.05) is 53.4 Å². The second-order valence-corrected chi connectivity index (χ2v) is 11.3. The molecular formula is C33H39ClN4O2. The molecule has 2 N–H and O–H groups in total. The number of piperidine rings is 1. The number of likely N-dealkylation sites (tertiary alicyclic amines) is 1. The van der Waals surface area contributed by atoms with E-state index >= 15 is 0 Å². The average molecular weight is 559 g/mol. The summed E-state index contributed by atoms with van der Waals surface area (Å²) in [4.78, 5) is 21.3. The highest BCUT2D eigenvalue weighted by atomic mass is 35.5. The molecule has 0 bridgehead atoms. The highest BCUT2D eigenvalue weighted by molar-refractivity contribution is 6.30. The van der Waals surface area contributed by atoms with Gasteiger partial charge in [0.2, 0.25) is 5.91 Å². The number of nitrogens with zero attached hydrogens (tertiary/aromatic N) is 3. The molecule has 1 aliphatic heterocycles. The van der Waals surface area contributed by atoms with E-state index in [2.05, 4.69) is 34.9 Å². The highest BCUT2D eigenvalue weighted by Crippen LogP contribution is 2.31. The fourth-order valence-corrected chi connectivity index (χ4v) is 6.08. The van der Waals surface area contributed by atoms with E-state index in [4.69, 9.17) is 27.1 Å². The molecule has 1 aliphatic rings. The number of rotatable bonds is 11. The van der Waals surface area contributed by atoms with Crippen molar-refractivity contribution in [3.63, 3.8) is 0 Å². The van der Waals surface area contributed by atoms with Crippen LogP contribution >= 0.6 is 11.6 Å². The number of imidazole rings is 1. The Morgan fingerprint density at radius 3 is 2.52 bits per heavy atom. The Morgan fingerprint density at radius 1 is 1.02 bits per heavy atom. The largest absolute Gasteiger partial charge is 0.385 e.